The Morgan fingerprint density at radius 2 is 1.59 bits per heavy atom. The van der Waals surface area contributed by atoms with Crippen LogP contribution in [0.2, 0.25) is 10.0 Å². The Morgan fingerprint density at radius 1 is 1.00 bits per heavy atom. The summed E-state index contributed by atoms with van der Waals surface area (Å²) in [7, 11) is 1.56. The van der Waals surface area contributed by atoms with Gasteiger partial charge in [0, 0.05) is 24.7 Å². The summed E-state index contributed by atoms with van der Waals surface area (Å²) in [6, 6.07) is 11.2. The molecular formula is C23H25Cl2N3O4. The molecular weight excluding hydrogens is 453 g/mol. The van der Waals surface area contributed by atoms with Gasteiger partial charge in [-0.1, -0.05) is 23.2 Å². The number of amides is 1. The number of hydrogen-bond acceptors (Lipinski definition) is 4. The van der Waals surface area contributed by atoms with Crippen LogP contribution in [0.5, 0.6) is 11.6 Å². The largest absolute Gasteiger partial charge is 0.493 e. The van der Waals surface area contributed by atoms with Gasteiger partial charge in [-0.2, -0.15) is 0 Å². The normalized spacial score (nSPS) is 11.3. The molecule has 1 aromatic heterocycles. The predicted molar refractivity (Wildman–Crippen MR) is 126 cm³/mol. The van der Waals surface area contributed by atoms with E-state index in [9.17, 15) is 14.7 Å². The van der Waals surface area contributed by atoms with E-state index in [2.05, 4.69) is 0 Å². The molecule has 0 fully saturated rings. The molecule has 2 aromatic carbocycles. The van der Waals surface area contributed by atoms with Crippen LogP contribution in [0.3, 0.4) is 0 Å². The van der Waals surface area contributed by atoms with Crippen LogP contribution in [0.1, 0.15) is 27.7 Å². The van der Waals surface area contributed by atoms with Gasteiger partial charge in [0.1, 0.15) is 11.4 Å². The first-order valence-corrected chi connectivity index (χ1v) is 10.8. The van der Waals surface area contributed by atoms with E-state index in [1.165, 1.54) is 10.6 Å². The van der Waals surface area contributed by atoms with Gasteiger partial charge in [0.15, 0.2) is 0 Å². The number of carbonyl (C=O) groups is 1. The zero-order valence-electron chi connectivity index (χ0n) is 18.5. The first-order chi connectivity index (χ1) is 15.0. The molecule has 0 unspecified atom stereocenters. The Labute approximate surface area is 196 Å². The van der Waals surface area contributed by atoms with Crippen molar-refractivity contribution in [3.63, 3.8) is 0 Å². The number of nitrogens with zero attached hydrogens (tertiary/aromatic N) is 3. The van der Waals surface area contributed by atoms with Gasteiger partial charge in [0.2, 0.25) is 5.88 Å². The highest BCUT2D eigenvalue weighted by molar-refractivity contribution is 6.42. The van der Waals surface area contributed by atoms with E-state index in [4.69, 9.17) is 27.9 Å². The average Bonchev–Trinajstić information content (AvgIpc) is 2.93. The minimum atomic E-state index is -0.448. The zero-order chi connectivity index (χ0) is 23.7. The Kier molecular flexibility index (Phi) is 6.91. The van der Waals surface area contributed by atoms with E-state index in [-0.39, 0.29) is 23.0 Å². The maximum atomic E-state index is 12.8. The molecule has 0 atom stereocenters. The maximum Gasteiger partial charge on any atom is 0.415 e. The van der Waals surface area contributed by atoms with Crippen molar-refractivity contribution in [3.8, 4) is 28.6 Å². The molecule has 0 aliphatic heterocycles. The molecule has 3 rings (SSSR count). The van der Waals surface area contributed by atoms with E-state index in [0.717, 1.165) is 4.57 Å². The van der Waals surface area contributed by atoms with Gasteiger partial charge in [-0.3, -0.25) is 4.57 Å². The third-order valence-corrected chi connectivity index (χ3v) is 5.79. The number of imidazole rings is 1. The Balaban J connectivity index is 1.94. The van der Waals surface area contributed by atoms with Crippen molar-refractivity contribution in [1.29, 1.82) is 0 Å². The highest BCUT2D eigenvalue weighted by atomic mass is 35.5. The number of rotatable bonds is 5. The molecule has 9 heteroatoms. The predicted octanol–water partition coefficient (Wildman–Crippen LogP) is 5.47. The fourth-order valence-corrected chi connectivity index (χ4v) is 3.92. The summed E-state index contributed by atoms with van der Waals surface area (Å²) < 4.78 is 7.98. The molecule has 0 bridgehead atoms. The van der Waals surface area contributed by atoms with Crippen LogP contribution in [0.25, 0.3) is 16.9 Å². The van der Waals surface area contributed by atoms with Gasteiger partial charge < -0.3 is 14.7 Å². The molecule has 1 N–H and O–H groups in total. The monoisotopic (exact) mass is 477 g/mol. The second-order valence-electron chi connectivity index (χ2n) is 7.93. The molecule has 0 spiro atoms. The summed E-state index contributed by atoms with van der Waals surface area (Å²) in [4.78, 5) is 27.0. The van der Waals surface area contributed by atoms with Gasteiger partial charge >= 0.3 is 11.8 Å². The SMILES string of the molecule is CC(C)N(C(=O)Oc1ccc(-c2c(O)n(-c3ccc(Cl)c(Cl)c3)c(=O)n2C)cc1)C(C)C. The minimum Gasteiger partial charge on any atom is -0.493 e. The number of carbonyl (C=O) groups excluding carboxylic acids is 1. The van der Waals surface area contributed by atoms with Crippen LogP contribution in [0.4, 0.5) is 4.79 Å². The molecule has 0 aliphatic rings. The highest BCUT2D eigenvalue weighted by Crippen LogP contribution is 2.32. The summed E-state index contributed by atoms with van der Waals surface area (Å²) in [6.07, 6.45) is -0.441. The van der Waals surface area contributed by atoms with Crippen molar-refractivity contribution in [2.75, 3.05) is 0 Å². The third-order valence-electron chi connectivity index (χ3n) is 5.06. The molecule has 1 heterocycles. The second-order valence-corrected chi connectivity index (χ2v) is 8.75. The van der Waals surface area contributed by atoms with Gasteiger partial charge in [-0.25, -0.2) is 14.2 Å². The lowest BCUT2D eigenvalue weighted by atomic mass is 10.1. The Hall–Kier alpha value is -2.90. The lowest BCUT2D eigenvalue weighted by molar-refractivity contribution is 0.122. The first-order valence-electron chi connectivity index (χ1n) is 10.1. The van der Waals surface area contributed by atoms with Crippen molar-refractivity contribution >= 4 is 29.3 Å². The van der Waals surface area contributed by atoms with Crippen LogP contribution in [-0.2, 0) is 7.05 Å². The third kappa shape index (κ3) is 4.49. The number of aromatic nitrogens is 2. The summed E-state index contributed by atoms with van der Waals surface area (Å²) in [5.41, 5.74) is 0.822. The van der Waals surface area contributed by atoms with Crippen LogP contribution < -0.4 is 10.4 Å². The topological polar surface area (TPSA) is 76.7 Å². The van der Waals surface area contributed by atoms with Gasteiger partial charge in [-0.05, 0) is 70.2 Å². The van der Waals surface area contributed by atoms with E-state index in [1.54, 1.807) is 48.3 Å². The fourth-order valence-electron chi connectivity index (χ4n) is 3.62. The average molecular weight is 478 g/mol. The molecule has 170 valence electrons. The summed E-state index contributed by atoms with van der Waals surface area (Å²) >= 11 is 12.0. The Bertz CT molecular complexity index is 1190. The summed E-state index contributed by atoms with van der Waals surface area (Å²) in [5.74, 6) is 0.116. The standard InChI is InChI=1S/C23H25Cl2N3O4/c1-13(2)27(14(3)4)23(31)32-17-9-6-15(7-10-17)20-21(29)28(22(30)26(20)5)16-8-11-18(24)19(25)12-16/h6-14,29H,1-5H3. The smallest absolute Gasteiger partial charge is 0.415 e. The number of ether oxygens (including phenoxy) is 1. The minimum absolute atomic E-state index is 0.00520. The van der Waals surface area contributed by atoms with Crippen LogP contribution >= 0.6 is 23.2 Å². The van der Waals surface area contributed by atoms with Crippen molar-refractivity contribution in [1.82, 2.24) is 14.0 Å². The number of aromatic hydroxyl groups is 1. The van der Waals surface area contributed by atoms with Crippen molar-refractivity contribution in [3.05, 3.63) is 63.0 Å². The van der Waals surface area contributed by atoms with E-state index < -0.39 is 11.8 Å². The van der Waals surface area contributed by atoms with Crippen LogP contribution in [-0.4, -0.2) is 37.3 Å². The lowest BCUT2D eigenvalue weighted by Gasteiger charge is -2.29. The molecule has 0 saturated heterocycles. The van der Waals surface area contributed by atoms with Crippen LogP contribution in [0, 0.1) is 0 Å². The second kappa shape index (κ2) is 9.30. The lowest BCUT2D eigenvalue weighted by Crippen LogP contribution is -2.43. The number of benzene rings is 2. The van der Waals surface area contributed by atoms with Crippen molar-refractivity contribution in [2.45, 2.75) is 39.8 Å². The van der Waals surface area contributed by atoms with E-state index in [1.807, 2.05) is 27.7 Å². The molecule has 3 aromatic rings. The van der Waals surface area contributed by atoms with E-state index in [0.29, 0.717) is 27.7 Å². The fraction of sp³-hybridized carbons (Fsp3) is 0.304. The molecule has 1 amide bonds. The van der Waals surface area contributed by atoms with Gasteiger partial charge in [0.25, 0.3) is 0 Å². The highest BCUT2D eigenvalue weighted by Gasteiger charge is 2.23. The molecule has 0 aliphatic carbocycles. The van der Waals surface area contributed by atoms with Gasteiger partial charge in [-0.15, -0.1) is 0 Å². The summed E-state index contributed by atoms with van der Waals surface area (Å²) in [6.45, 7) is 7.69. The maximum absolute atomic E-state index is 12.8. The number of hydrogen-bond donors (Lipinski definition) is 1. The van der Waals surface area contributed by atoms with Gasteiger partial charge in [0.05, 0.1) is 15.7 Å². The molecule has 0 saturated carbocycles. The van der Waals surface area contributed by atoms with Crippen molar-refractivity contribution in [2.24, 2.45) is 7.05 Å². The van der Waals surface area contributed by atoms with Crippen LogP contribution in [0.15, 0.2) is 47.3 Å². The molecule has 0 radical (unpaired) electrons. The Morgan fingerprint density at radius 3 is 2.12 bits per heavy atom. The first kappa shape index (κ1) is 23.8. The number of halogens is 2. The molecule has 32 heavy (non-hydrogen) atoms. The van der Waals surface area contributed by atoms with E-state index >= 15 is 0 Å². The summed E-state index contributed by atoms with van der Waals surface area (Å²) in [5, 5.41) is 11.5. The molecule has 7 nitrogen and oxygen atoms in total. The zero-order valence-corrected chi connectivity index (χ0v) is 20.0. The quantitative estimate of drug-likeness (QED) is 0.528. The van der Waals surface area contributed by atoms with Crippen molar-refractivity contribution < 1.29 is 14.6 Å².